The highest BCUT2D eigenvalue weighted by atomic mass is 32.2. The zero-order chi connectivity index (χ0) is 12.0. The summed E-state index contributed by atoms with van der Waals surface area (Å²) in [6.45, 7) is 4.46. The Labute approximate surface area is 99.0 Å². The molecule has 0 aliphatic carbocycles. The third-order valence-electron chi connectivity index (χ3n) is 2.51. The lowest BCUT2D eigenvalue weighted by atomic mass is 10.2. The minimum Gasteiger partial charge on any atom is -0.378 e. The largest absolute Gasteiger partial charge is 0.378 e. The van der Waals surface area contributed by atoms with Crippen molar-refractivity contribution in [2.75, 3.05) is 38.3 Å². The van der Waals surface area contributed by atoms with Crippen LogP contribution in [0.3, 0.4) is 0 Å². The van der Waals surface area contributed by atoms with Gasteiger partial charge in [-0.25, -0.2) is 4.79 Å². The van der Waals surface area contributed by atoms with Gasteiger partial charge in [0.1, 0.15) is 0 Å². The molecular weight excluding hydrogens is 228 g/mol. The first-order valence-electron chi connectivity index (χ1n) is 5.53. The number of amides is 2. The van der Waals surface area contributed by atoms with Crippen LogP contribution in [0.5, 0.6) is 0 Å². The molecule has 0 aromatic carbocycles. The normalized spacial score (nSPS) is 20.2. The van der Waals surface area contributed by atoms with Gasteiger partial charge in [0.05, 0.1) is 13.2 Å². The van der Waals surface area contributed by atoms with Gasteiger partial charge in [0, 0.05) is 41.9 Å². The van der Waals surface area contributed by atoms with E-state index in [9.17, 15) is 9.00 Å². The second-order valence-corrected chi connectivity index (χ2v) is 5.57. The van der Waals surface area contributed by atoms with E-state index in [0.717, 1.165) is 6.42 Å². The predicted molar refractivity (Wildman–Crippen MR) is 63.9 cm³/mol. The van der Waals surface area contributed by atoms with Crippen molar-refractivity contribution in [2.45, 2.75) is 19.4 Å². The number of rotatable bonds is 4. The quantitative estimate of drug-likeness (QED) is 0.772. The molecule has 6 heteroatoms. The maximum absolute atomic E-state index is 11.7. The van der Waals surface area contributed by atoms with Crippen LogP contribution in [0.4, 0.5) is 4.79 Å². The summed E-state index contributed by atoms with van der Waals surface area (Å²) in [5, 5.41) is 2.90. The maximum Gasteiger partial charge on any atom is 0.317 e. The average molecular weight is 248 g/mol. The van der Waals surface area contributed by atoms with Crippen LogP contribution >= 0.6 is 0 Å². The van der Waals surface area contributed by atoms with Gasteiger partial charge in [-0.2, -0.15) is 0 Å². The molecule has 1 N–H and O–H groups in total. The highest BCUT2D eigenvalue weighted by molar-refractivity contribution is 7.84. The molecule has 0 radical (unpaired) electrons. The fourth-order valence-corrected chi connectivity index (χ4v) is 2.17. The van der Waals surface area contributed by atoms with E-state index in [0.29, 0.717) is 32.1 Å². The van der Waals surface area contributed by atoms with Crippen LogP contribution in [-0.4, -0.2) is 59.5 Å². The minimum absolute atomic E-state index is 0.0438. The number of nitrogens with zero attached hydrogens (tertiary/aromatic N) is 1. The van der Waals surface area contributed by atoms with Crippen molar-refractivity contribution in [3.8, 4) is 0 Å². The van der Waals surface area contributed by atoms with Gasteiger partial charge in [-0.3, -0.25) is 4.21 Å². The van der Waals surface area contributed by atoms with Crippen molar-refractivity contribution in [3.63, 3.8) is 0 Å². The molecule has 0 saturated carbocycles. The number of carbonyl (C=O) groups excluding carboxylic acids is 1. The topological polar surface area (TPSA) is 58.6 Å². The first-order chi connectivity index (χ1) is 7.59. The molecule has 94 valence electrons. The predicted octanol–water partition coefficient (Wildman–Crippen LogP) is 0.185. The van der Waals surface area contributed by atoms with Crippen molar-refractivity contribution in [1.82, 2.24) is 10.2 Å². The molecule has 1 rings (SSSR count). The van der Waals surface area contributed by atoms with Gasteiger partial charge in [0.2, 0.25) is 0 Å². The van der Waals surface area contributed by atoms with Crippen LogP contribution < -0.4 is 5.32 Å². The second-order valence-electron chi connectivity index (χ2n) is 4.02. The van der Waals surface area contributed by atoms with Crippen LogP contribution in [0.1, 0.15) is 13.3 Å². The summed E-state index contributed by atoms with van der Waals surface area (Å²) in [5.74, 6) is 0.630. The zero-order valence-electron chi connectivity index (χ0n) is 9.90. The molecule has 2 unspecified atom stereocenters. The molecule has 1 fully saturated rings. The highest BCUT2D eigenvalue weighted by Crippen LogP contribution is 1.99. The lowest BCUT2D eigenvalue weighted by Crippen LogP contribution is -2.48. The van der Waals surface area contributed by atoms with Gasteiger partial charge in [-0.05, 0) is 13.3 Å². The fraction of sp³-hybridized carbons (Fsp3) is 0.900. The Morgan fingerprint density at radius 2 is 2.12 bits per heavy atom. The Morgan fingerprint density at radius 1 is 1.50 bits per heavy atom. The van der Waals surface area contributed by atoms with Gasteiger partial charge in [0.15, 0.2) is 0 Å². The summed E-state index contributed by atoms with van der Waals surface area (Å²) < 4.78 is 16.1. The van der Waals surface area contributed by atoms with Crippen LogP contribution in [0.15, 0.2) is 0 Å². The summed E-state index contributed by atoms with van der Waals surface area (Å²) in [7, 11) is -0.791. The van der Waals surface area contributed by atoms with Gasteiger partial charge >= 0.3 is 6.03 Å². The van der Waals surface area contributed by atoms with Crippen LogP contribution in [0.2, 0.25) is 0 Å². The molecule has 1 saturated heterocycles. The Morgan fingerprint density at radius 3 is 2.69 bits per heavy atom. The number of nitrogens with one attached hydrogen (secondary N) is 1. The summed E-state index contributed by atoms with van der Waals surface area (Å²) in [5.41, 5.74) is 0. The van der Waals surface area contributed by atoms with E-state index >= 15 is 0 Å². The van der Waals surface area contributed by atoms with E-state index < -0.39 is 10.8 Å². The van der Waals surface area contributed by atoms with Gasteiger partial charge in [-0.1, -0.05) is 0 Å². The van der Waals surface area contributed by atoms with Crippen LogP contribution in [-0.2, 0) is 15.5 Å². The van der Waals surface area contributed by atoms with E-state index in [1.807, 2.05) is 6.92 Å². The van der Waals surface area contributed by atoms with Gasteiger partial charge < -0.3 is 15.0 Å². The number of hydrogen-bond acceptors (Lipinski definition) is 3. The van der Waals surface area contributed by atoms with Crippen molar-refractivity contribution in [1.29, 1.82) is 0 Å². The summed E-state index contributed by atoms with van der Waals surface area (Å²) in [6, 6.07) is 0.0249. The molecule has 0 spiro atoms. The molecule has 1 aliphatic rings. The van der Waals surface area contributed by atoms with Crippen molar-refractivity contribution < 1.29 is 13.7 Å². The third kappa shape index (κ3) is 4.94. The Hall–Kier alpha value is -0.620. The lowest BCUT2D eigenvalue weighted by Gasteiger charge is -2.28. The lowest BCUT2D eigenvalue weighted by molar-refractivity contribution is 0.0526. The minimum atomic E-state index is -0.791. The first kappa shape index (κ1) is 13.4. The smallest absolute Gasteiger partial charge is 0.317 e. The molecular formula is C10H20N2O3S. The number of hydrogen-bond donors (Lipinski definition) is 1. The average Bonchev–Trinajstić information content (AvgIpc) is 2.27. The van der Waals surface area contributed by atoms with E-state index in [4.69, 9.17) is 4.74 Å². The van der Waals surface area contributed by atoms with Crippen LogP contribution in [0.25, 0.3) is 0 Å². The van der Waals surface area contributed by atoms with E-state index in [-0.39, 0.29) is 12.1 Å². The number of carbonyl (C=O) groups is 1. The third-order valence-corrected chi connectivity index (χ3v) is 3.32. The van der Waals surface area contributed by atoms with E-state index in [1.54, 1.807) is 11.2 Å². The number of urea groups is 1. The van der Waals surface area contributed by atoms with E-state index in [2.05, 4.69) is 5.32 Å². The maximum atomic E-state index is 11.7. The molecule has 0 bridgehead atoms. The van der Waals surface area contributed by atoms with Gasteiger partial charge in [0.25, 0.3) is 0 Å². The first-order valence-corrected chi connectivity index (χ1v) is 7.25. The standard InChI is InChI=1S/C10H20N2O3S/c1-9(3-8-16(2)14)11-10(13)12-4-6-15-7-5-12/h9H,3-8H2,1-2H3,(H,11,13). The summed E-state index contributed by atoms with van der Waals surface area (Å²) in [6.07, 6.45) is 2.43. The van der Waals surface area contributed by atoms with E-state index in [1.165, 1.54) is 0 Å². The Kier molecular flexibility index (Phi) is 5.76. The van der Waals surface area contributed by atoms with Crippen molar-refractivity contribution in [3.05, 3.63) is 0 Å². The summed E-state index contributed by atoms with van der Waals surface area (Å²) >= 11 is 0. The SMILES string of the molecule is CC(CCS(C)=O)NC(=O)N1CCOCC1. The Balaban J connectivity index is 2.23. The number of morpholine rings is 1. The Bertz CT molecular complexity index is 254. The molecule has 1 heterocycles. The second kappa shape index (κ2) is 6.85. The molecule has 0 aromatic heterocycles. The molecule has 16 heavy (non-hydrogen) atoms. The van der Waals surface area contributed by atoms with Crippen molar-refractivity contribution in [2.24, 2.45) is 0 Å². The highest BCUT2D eigenvalue weighted by Gasteiger charge is 2.18. The molecule has 0 aromatic rings. The monoisotopic (exact) mass is 248 g/mol. The van der Waals surface area contributed by atoms with Gasteiger partial charge in [-0.15, -0.1) is 0 Å². The van der Waals surface area contributed by atoms with Crippen molar-refractivity contribution >= 4 is 16.8 Å². The molecule has 2 atom stereocenters. The van der Waals surface area contributed by atoms with Crippen LogP contribution in [0, 0.1) is 0 Å². The number of ether oxygens (including phenoxy) is 1. The summed E-state index contributed by atoms with van der Waals surface area (Å²) in [4.78, 5) is 13.5. The zero-order valence-corrected chi connectivity index (χ0v) is 10.7. The fourth-order valence-electron chi connectivity index (χ4n) is 1.48. The molecule has 2 amide bonds. The molecule has 5 nitrogen and oxygen atoms in total. The molecule has 1 aliphatic heterocycles.